The maximum atomic E-state index is 13.3. The van der Waals surface area contributed by atoms with Crippen LogP contribution in [-0.2, 0) is 11.3 Å². The molecule has 5 heteroatoms. The molecule has 152 valence electrons. The van der Waals surface area contributed by atoms with Crippen molar-refractivity contribution in [2.24, 2.45) is 0 Å². The van der Waals surface area contributed by atoms with E-state index in [0.29, 0.717) is 11.4 Å². The minimum atomic E-state index is -0.973. The van der Waals surface area contributed by atoms with Crippen molar-refractivity contribution in [1.29, 1.82) is 0 Å². The van der Waals surface area contributed by atoms with Gasteiger partial charge in [0.15, 0.2) is 0 Å². The Hall–Kier alpha value is -3.60. The second-order valence-corrected chi connectivity index (χ2v) is 7.88. The highest BCUT2D eigenvalue weighted by Gasteiger charge is 2.52. The van der Waals surface area contributed by atoms with Crippen molar-refractivity contribution < 1.29 is 14.3 Å². The van der Waals surface area contributed by atoms with Gasteiger partial charge in [-0.05, 0) is 50.6 Å². The molecule has 0 saturated carbocycles. The predicted octanol–water partition coefficient (Wildman–Crippen LogP) is 5.53. The molecule has 1 fully saturated rings. The first kappa shape index (κ1) is 19.7. The number of hydrogen-bond donors (Lipinski definition) is 0. The summed E-state index contributed by atoms with van der Waals surface area (Å²) in [5, 5.41) is 0. The molecule has 0 bridgehead atoms. The summed E-state index contributed by atoms with van der Waals surface area (Å²) >= 11 is 0. The van der Waals surface area contributed by atoms with Crippen molar-refractivity contribution in [3.63, 3.8) is 0 Å². The van der Waals surface area contributed by atoms with Crippen LogP contribution in [0.3, 0.4) is 0 Å². The number of aryl methyl sites for hydroxylation is 1. The van der Waals surface area contributed by atoms with Gasteiger partial charge in [0.05, 0.1) is 12.2 Å². The molecule has 3 amide bonds. The second kappa shape index (κ2) is 7.67. The van der Waals surface area contributed by atoms with Crippen LogP contribution in [-0.4, -0.2) is 22.4 Å². The highest BCUT2D eigenvalue weighted by atomic mass is 16.5. The first-order chi connectivity index (χ1) is 14.4. The summed E-state index contributed by atoms with van der Waals surface area (Å²) in [6.07, 6.45) is 0. The summed E-state index contributed by atoms with van der Waals surface area (Å²) in [6, 6.07) is 24.2. The Bertz CT molecular complexity index is 1090. The number of amides is 3. The van der Waals surface area contributed by atoms with Crippen molar-refractivity contribution in [2.45, 2.75) is 32.9 Å². The number of imide groups is 1. The number of carbonyl (C=O) groups is 2. The number of benzene rings is 3. The largest absolute Gasteiger partial charge is 0.457 e. The molecule has 0 N–H and O–H groups in total. The van der Waals surface area contributed by atoms with E-state index in [1.54, 1.807) is 24.8 Å². The van der Waals surface area contributed by atoms with E-state index < -0.39 is 5.54 Å². The van der Waals surface area contributed by atoms with Gasteiger partial charge >= 0.3 is 6.03 Å². The Labute approximate surface area is 176 Å². The van der Waals surface area contributed by atoms with Crippen LogP contribution in [0.4, 0.5) is 10.5 Å². The minimum Gasteiger partial charge on any atom is -0.457 e. The third-order valence-electron chi connectivity index (χ3n) is 5.45. The van der Waals surface area contributed by atoms with E-state index in [-0.39, 0.29) is 18.5 Å². The topological polar surface area (TPSA) is 49.9 Å². The highest BCUT2D eigenvalue weighted by molar-refractivity contribution is 6.23. The number of carbonyl (C=O) groups excluding carboxylic acids is 2. The number of hydrogen-bond acceptors (Lipinski definition) is 3. The molecule has 0 aromatic heterocycles. The van der Waals surface area contributed by atoms with Gasteiger partial charge in [-0.3, -0.25) is 4.79 Å². The number of rotatable bonds is 5. The van der Waals surface area contributed by atoms with Gasteiger partial charge in [-0.15, -0.1) is 0 Å². The first-order valence-electron chi connectivity index (χ1n) is 9.92. The zero-order valence-corrected chi connectivity index (χ0v) is 17.3. The van der Waals surface area contributed by atoms with Crippen molar-refractivity contribution in [3.05, 3.63) is 90.0 Å². The van der Waals surface area contributed by atoms with Crippen molar-refractivity contribution >= 4 is 17.6 Å². The highest BCUT2D eigenvalue weighted by Crippen LogP contribution is 2.36. The lowest BCUT2D eigenvalue weighted by atomic mass is 10.0. The van der Waals surface area contributed by atoms with E-state index >= 15 is 0 Å². The monoisotopic (exact) mass is 400 g/mol. The number of ether oxygens (including phenoxy) is 1. The number of anilines is 1. The first-order valence-corrected chi connectivity index (χ1v) is 9.92. The Morgan fingerprint density at radius 2 is 1.47 bits per heavy atom. The van der Waals surface area contributed by atoms with Gasteiger partial charge in [-0.25, -0.2) is 9.69 Å². The molecule has 1 aliphatic rings. The average molecular weight is 400 g/mol. The van der Waals surface area contributed by atoms with Gasteiger partial charge in [0, 0.05) is 5.56 Å². The van der Waals surface area contributed by atoms with Gasteiger partial charge in [-0.1, -0.05) is 54.6 Å². The number of urea groups is 1. The molecule has 4 rings (SSSR count). The molecular formula is C25H24N2O3. The molecule has 0 unspecified atom stereocenters. The third-order valence-corrected chi connectivity index (χ3v) is 5.45. The SMILES string of the molecule is Cc1ccccc1N1C(=O)N(Cc2ccccc2Oc2ccccc2)C(C)(C)C1=O. The lowest BCUT2D eigenvalue weighted by Crippen LogP contribution is -2.43. The van der Waals surface area contributed by atoms with Crippen LogP contribution in [0.2, 0.25) is 0 Å². The van der Waals surface area contributed by atoms with E-state index in [1.807, 2.05) is 79.7 Å². The molecule has 3 aromatic carbocycles. The van der Waals surface area contributed by atoms with Crippen LogP contribution in [0.15, 0.2) is 78.9 Å². The lowest BCUT2D eigenvalue weighted by Gasteiger charge is -2.28. The molecule has 1 aliphatic heterocycles. The third kappa shape index (κ3) is 3.43. The summed E-state index contributed by atoms with van der Waals surface area (Å²) in [5.41, 5.74) is 1.36. The summed E-state index contributed by atoms with van der Waals surface area (Å²) in [5.74, 6) is 1.15. The van der Waals surface area contributed by atoms with E-state index in [2.05, 4.69) is 0 Å². The van der Waals surface area contributed by atoms with E-state index in [4.69, 9.17) is 4.74 Å². The summed E-state index contributed by atoms with van der Waals surface area (Å²) in [4.78, 5) is 29.4. The summed E-state index contributed by atoms with van der Waals surface area (Å²) in [7, 11) is 0. The molecule has 1 saturated heterocycles. The Balaban J connectivity index is 1.66. The van der Waals surface area contributed by atoms with Crippen molar-refractivity contribution in [3.8, 4) is 11.5 Å². The molecule has 0 radical (unpaired) electrons. The van der Waals surface area contributed by atoms with Gasteiger partial charge in [-0.2, -0.15) is 0 Å². The van der Waals surface area contributed by atoms with Gasteiger partial charge in [0.2, 0.25) is 0 Å². The lowest BCUT2D eigenvalue weighted by molar-refractivity contribution is -0.123. The minimum absolute atomic E-state index is 0.233. The molecule has 30 heavy (non-hydrogen) atoms. The van der Waals surface area contributed by atoms with Crippen LogP contribution in [0.5, 0.6) is 11.5 Å². The second-order valence-electron chi connectivity index (χ2n) is 7.88. The Kier molecular flexibility index (Phi) is 5.04. The van der Waals surface area contributed by atoms with Crippen molar-refractivity contribution in [2.75, 3.05) is 4.90 Å². The normalized spacial score (nSPS) is 15.6. The zero-order chi connectivity index (χ0) is 21.3. The number of para-hydroxylation sites is 3. The van der Waals surface area contributed by atoms with Crippen LogP contribution < -0.4 is 9.64 Å². The predicted molar refractivity (Wildman–Crippen MR) is 117 cm³/mol. The Morgan fingerprint density at radius 1 is 0.833 bits per heavy atom. The zero-order valence-electron chi connectivity index (χ0n) is 17.3. The molecule has 0 atom stereocenters. The van der Waals surface area contributed by atoms with Crippen molar-refractivity contribution in [1.82, 2.24) is 4.90 Å². The standard InChI is InChI=1S/C25H24N2O3/c1-18-11-7-9-15-21(18)27-23(28)25(2,3)26(24(27)29)17-19-12-8-10-16-22(19)30-20-13-5-4-6-14-20/h4-16H,17H2,1-3H3. The summed E-state index contributed by atoms with van der Waals surface area (Å²) < 4.78 is 6.04. The van der Waals surface area contributed by atoms with Gasteiger partial charge in [0.1, 0.15) is 17.0 Å². The molecular weight excluding hydrogens is 376 g/mol. The maximum absolute atomic E-state index is 13.3. The number of nitrogens with zero attached hydrogens (tertiary/aromatic N) is 2. The maximum Gasteiger partial charge on any atom is 0.332 e. The molecule has 5 nitrogen and oxygen atoms in total. The van der Waals surface area contributed by atoms with Gasteiger partial charge in [0.25, 0.3) is 5.91 Å². The van der Waals surface area contributed by atoms with Gasteiger partial charge < -0.3 is 9.64 Å². The fourth-order valence-corrected chi connectivity index (χ4v) is 3.65. The fraction of sp³-hybridized carbons (Fsp3) is 0.200. The summed E-state index contributed by atoms with van der Waals surface area (Å²) in [6.45, 7) is 5.73. The Morgan fingerprint density at radius 3 is 2.20 bits per heavy atom. The molecule has 3 aromatic rings. The van der Waals surface area contributed by atoms with Crippen LogP contribution in [0.1, 0.15) is 25.0 Å². The quantitative estimate of drug-likeness (QED) is 0.529. The van der Waals surface area contributed by atoms with Crippen LogP contribution in [0, 0.1) is 6.92 Å². The average Bonchev–Trinajstić information content (AvgIpc) is 2.90. The molecule has 1 heterocycles. The van der Waals surface area contributed by atoms with E-state index in [1.165, 1.54) is 4.90 Å². The van der Waals surface area contributed by atoms with Crippen LogP contribution in [0.25, 0.3) is 0 Å². The van der Waals surface area contributed by atoms with E-state index in [9.17, 15) is 9.59 Å². The smallest absolute Gasteiger partial charge is 0.332 e. The molecule has 0 spiro atoms. The van der Waals surface area contributed by atoms with E-state index in [0.717, 1.165) is 16.9 Å². The fourth-order valence-electron chi connectivity index (χ4n) is 3.65. The molecule has 0 aliphatic carbocycles. The van der Waals surface area contributed by atoms with Crippen LogP contribution >= 0.6 is 0 Å².